The number of aromatic nitrogens is 1. The van der Waals surface area contributed by atoms with Crippen LogP contribution in [0.4, 0.5) is 20.8 Å². The molecule has 3 amide bonds. The Balaban J connectivity index is 1.55. The average Bonchev–Trinajstić information content (AvgIpc) is 3.27. The third-order valence-electron chi connectivity index (χ3n) is 5.12. The van der Waals surface area contributed by atoms with Gasteiger partial charge in [-0.25, -0.2) is 9.18 Å². The van der Waals surface area contributed by atoms with Gasteiger partial charge in [-0.1, -0.05) is 5.16 Å². The molecule has 8 nitrogen and oxygen atoms in total. The van der Waals surface area contributed by atoms with Gasteiger partial charge < -0.3 is 14.7 Å². The molecule has 0 unspecified atom stereocenters. The molecule has 1 saturated heterocycles. The number of halogens is 1. The minimum absolute atomic E-state index is 0.0103. The summed E-state index contributed by atoms with van der Waals surface area (Å²) in [6.07, 6.45) is 1.74. The first-order chi connectivity index (χ1) is 13.5. The van der Waals surface area contributed by atoms with Gasteiger partial charge in [0.05, 0.1) is 23.4 Å². The van der Waals surface area contributed by atoms with Crippen molar-refractivity contribution in [3.05, 3.63) is 40.8 Å². The van der Waals surface area contributed by atoms with Crippen LogP contribution >= 0.6 is 0 Å². The molecule has 1 N–H and O–H groups in total. The Bertz CT molecular complexity index is 996. The summed E-state index contributed by atoms with van der Waals surface area (Å²) in [4.78, 5) is 28.0. The normalized spacial score (nSPS) is 18.8. The van der Waals surface area contributed by atoms with E-state index in [2.05, 4.69) is 10.5 Å². The summed E-state index contributed by atoms with van der Waals surface area (Å²) in [6, 6.07) is 5.07. The number of carbonyl (C=O) groups excluding carboxylic acids is 2. The number of urea groups is 1. The van der Waals surface area contributed by atoms with Crippen molar-refractivity contribution in [3.8, 4) is 6.07 Å². The zero-order valence-electron chi connectivity index (χ0n) is 15.2. The zero-order valence-corrected chi connectivity index (χ0v) is 15.2. The smallest absolute Gasteiger partial charge is 0.322 e. The maximum absolute atomic E-state index is 13.5. The van der Waals surface area contributed by atoms with Crippen LogP contribution in [-0.2, 0) is 17.8 Å². The van der Waals surface area contributed by atoms with E-state index in [1.807, 2.05) is 6.92 Å². The standard InChI is InChI=1S/C19H18FN5O3/c1-11-7-16-14(18(28-23-16)24-6-2-3-17(24)26)10-25(11)19(27)22-13-4-5-15(20)12(8-13)9-21/h4-5,8,11H,2-3,6-7,10H2,1H3,(H,22,27)/t11-/m0/s1. The molecule has 1 fully saturated rings. The van der Waals surface area contributed by atoms with Crippen LogP contribution in [0.2, 0.25) is 0 Å². The SMILES string of the molecule is C[C@H]1Cc2noc(N3CCCC3=O)c2CN1C(=O)Nc1ccc(F)c(C#N)c1. The van der Waals surface area contributed by atoms with Crippen molar-refractivity contribution in [3.63, 3.8) is 0 Å². The number of benzene rings is 1. The number of fused-ring (bicyclic) bond motifs is 1. The second kappa shape index (κ2) is 6.96. The van der Waals surface area contributed by atoms with E-state index in [4.69, 9.17) is 9.78 Å². The fourth-order valence-corrected chi connectivity index (χ4v) is 3.60. The molecule has 144 valence electrons. The van der Waals surface area contributed by atoms with Crippen molar-refractivity contribution < 1.29 is 18.5 Å². The molecule has 1 atom stereocenters. The number of anilines is 2. The van der Waals surface area contributed by atoms with Crippen LogP contribution in [0.1, 0.15) is 36.6 Å². The van der Waals surface area contributed by atoms with Crippen LogP contribution in [0.15, 0.2) is 22.7 Å². The third-order valence-corrected chi connectivity index (χ3v) is 5.12. The molecule has 4 rings (SSSR count). The number of hydrogen-bond acceptors (Lipinski definition) is 5. The highest BCUT2D eigenvalue weighted by Crippen LogP contribution is 2.33. The topological polar surface area (TPSA) is 102 Å². The molecule has 0 saturated carbocycles. The minimum Gasteiger partial charge on any atom is -0.338 e. The molecule has 0 spiro atoms. The molecule has 28 heavy (non-hydrogen) atoms. The third kappa shape index (κ3) is 3.07. The summed E-state index contributed by atoms with van der Waals surface area (Å²) in [6.45, 7) is 2.72. The van der Waals surface area contributed by atoms with E-state index in [1.165, 1.54) is 12.1 Å². The predicted octanol–water partition coefficient (Wildman–Crippen LogP) is 2.79. The molecule has 1 aromatic carbocycles. The lowest BCUT2D eigenvalue weighted by Gasteiger charge is -2.33. The van der Waals surface area contributed by atoms with Crippen LogP contribution in [0, 0.1) is 17.1 Å². The molecule has 1 aromatic heterocycles. The van der Waals surface area contributed by atoms with Crippen molar-refractivity contribution in [2.75, 3.05) is 16.8 Å². The van der Waals surface area contributed by atoms with Gasteiger partial charge in [0.1, 0.15) is 11.9 Å². The Morgan fingerprint density at radius 2 is 2.29 bits per heavy atom. The molecule has 0 bridgehead atoms. The molecule has 2 aromatic rings. The van der Waals surface area contributed by atoms with Gasteiger partial charge in [0.15, 0.2) is 0 Å². The van der Waals surface area contributed by atoms with Gasteiger partial charge >= 0.3 is 6.03 Å². The van der Waals surface area contributed by atoms with Crippen molar-refractivity contribution >= 4 is 23.5 Å². The molecule has 0 aliphatic carbocycles. The van der Waals surface area contributed by atoms with Crippen molar-refractivity contribution in [2.45, 2.75) is 38.8 Å². The average molecular weight is 383 g/mol. The summed E-state index contributed by atoms with van der Waals surface area (Å²) >= 11 is 0. The fourth-order valence-electron chi connectivity index (χ4n) is 3.60. The lowest BCUT2D eigenvalue weighted by Crippen LogP contribution is -2.45. The van der Waals surface area contributed by atoms with Gasteiger partial charge in [-0.05, 0) is 31.5 Å². The quantitative estimate of drug-likeness (QED) is 0.859. The monoisotopic (exact) mass is 383 g/mol. The van der Waals surface area contributed by atoms with Crippen LogP contribution in [0.5, 0.6) is 0 Å². The number of nitrogens with zero attached hydrogens (tertiary/aromatic N) is 4. The maximum Gasteiger partial charge on any atom is 0.322 e. The summed E-state index contributed by atoms with van der Waals surface area (Å²) in [5.74, 6) is -0.236. The van der Waals surface area contributed by atoms with Crippen molar-refractivity contribution in [1.82, 2.24) is 10.1 Å². The Hall–Kier alpha value is -3.41. The fraction of sp³-hybridized carbons (Fsp3) is 0.368. The Morgan fingerprint density at radius 3 is 3.00 bits per heavy atom. The molecule has 2 aliphatic rings. The van der Waals surface area contributed by atoms with E-state index < -0.39 is 5.82 Å². The summed E-state index contributed by atoms with van der Waals surface area (Å²) in [5, 5.41) is 15.7. The van der Waals surface area contributed by atoms with Crippen LogP contribution in [0.3, 0.4) is 0 Å². The van der Waals surface area contributed by atoms with Gasteiger partial charge in [-0.15, -0.1) is 0 Å². The van der Waals surface area contributed by atoms with Gasteiger partial charge in [0, 0.05) is 31.1 Å². The van der Waals surface area contributed by atoms with Crippen LogP contribution < -0.4 is 10.2 Å². The van der Waals surface area contributed by atoms with Gasteiger partial charge in [0.25, 0.3) is 0 Å². The van der Waals surface area contributed by atoms with E-state index in [0.717, 1.165) is 23.7 Å². The molecule has 9 heteroatoms. The van der Waals surface area contributed by atoms with Crippen molar-refractivity contribution in [2.24, 2.45) is 0 Å². The zero-order chi connectivity index (χ0) is 19.8. The van der Waals surface area contributed by atoms with Crippen LogP contribution in [0.25, 0.3) is 0 Å². The number of amides is 3. The molecular formula is C19H18FN5O3. The van der Waals surface area contributed by atoms with E-state index in [9.17, 15) is 14.0 Å². The Morgan fingerprint density at radius 1 is 1.46 bits per heavy atom. The maximum atomic E-state index is 13.5. The first-order valence-corrected chi connectivity index (χ1v) is 9.03. The molecule has 0 radical (unpaired) electrons. The van der Waals surface area contributed by atoms with Crippen LogP contribution in [-0.4, -0.2) is 34.6 Å². The number of nitriles is 1. The number of carbonyl (C=O) groups is 2. The predicted molar refractivity (Wildman–Crippen MR) is 96.9 cm³/mol. The summed E-state index contributed by atoms with van der Waals surface area (Å²) in [5.41, 5.74) is 1.68. The van der Waals surface area contributed by atoms with E-state index in [0.29, 0.717) is 31.0 Å². The highest BCUT2D eigenvalue weighted by molar-refractivity contribution is 5.95. The Labute approximate surface area is 160 Å². The highest BCUT2D eigenvalue weighted by Gasteiger charge is 2.36. The van der Waals surface area contributed by atoms with E-state index in [1.54, 1.807) is 15.9 Å². The van der Waals surface area contributed by atoms with Gasteiger partial charge in [0.2, 0.25) is 11.8 Å². The number of rotatable bonds is 2. The first kappa shape index (κ1) is 18.0. The summed E-state index contributed by atoms with van der Waals surface area (Å²) in [7, 11) is 0. The molecular weight excluding hydrogens is 365 g/mol. The summed E-state index contributed by atoms with van der Waals surface area (Å²) < 4.78 is 18.9. The Kier molecular flexibility index (Phi) is 4.47. The lowest BCUT2D eigenvalue weighted by atomic mass is 10.0. The number of nitrogens with one attached hydrogen (secondary N) is 1. The van der Waals surface area contributed by atoms with Crippen molar-refractivity contribution in [1.29, 1.82) is 5.26 Å². The first-order valence-electron chi connectivity index (χ1n) is 9.03. The second-order valence-corrected chi connectivity index (χ2v) is 6.98. The van der Waals surface area contributed by atoms with E-state index >= 15 is 0 Å². The van der Waals surface area contributed by atoms with Gasteiger partial charge in [-0.3, -0.25) is 9.69 Å². The largest absolute Gasteiger partial charge is 0.338 e. The van der Waals surface area contributed by atoms with E-state index in [-0.39, 0.29) is 30.1 Å². The minimum atomic E-state index is -0.638. The lowest BCUT2D eigenvalue weighted by molar-refractivity contribution is -0.117. The molecule has 2 aliphatic heterocycles. The van der Waals surface area contributed by atoms with Gasteiger partial charge in [-0.2, -0.15) is 5.26 Å². The number of hydrogen-bond donors (Lipinski definition) is 1. The molecule has 3 heterocycles. The second-order valence-electron chi connectivity index (χ2n) is 6.98. The highest BCUT2D eigenvalue weighted by atomic mass is 19.1.